The van der Waals surface area contributed by atoms with Crippen LogP contribution in [-0.2, 0) is 6.18 Å². The van der Waals surface area contributed by atoms with E-state index in [1.54, 1.807) is 6.07 Å². The number of nitrogens with zero attached hydrogens (tertiary/aromatic N) is 1. The van der Waals surface area contributed by atoms with Gasteiger partial charge in [0.25, 0.3) is 0 Å². The minimum atomic E-state index is -4.31. The predicted octanol–water partition coefficient (Wildman–Crippen LogP) is 6.50. The van der Waals surface area contributed by atoms with Crippen molar-refractivity contribution in [3.8, 4) is 0 Å². The molecular formula is C20H28F3N3S. The molecule has 2 aromatic carbocycles. The summed E-state index contributed by atoms with van der Waals surface area (Å²) in [5.74, 6) is 0. The van der Waals surface area contributed by atoms with E-state index in [0.29, 0.717) is 5.69 Å². The third-order valence-corrected chi connectivity index (χ3v) is 5.07. The number of para-hydroxylation sites is 1. The fourth-order valence-corrected chi connectivity index (χ4v) is 3.84. The Bertz CT molecular complexity index is 720. The van der Waals surface area contributed by atoms with Crippen LogP contribution in [0, 0.1) is 0 Å². The van der Waals surface area contributed by atoms with Gasteiger partial charge in [-0.1, -0.05) is 43.7 Å². The van der Waals surface area contributed by atoms with Crippen molar-refractivity contribution in [2.75, 3.05) is 25.5 Å². The Morgan fingerprint density at radius 1 is 0.963 bits per heavy atom. The van der Waals surface area contributed by atoms with Crippen molar-refractivity contribution in [1.29, 1.82) is 0 Å². The van der Waals surface area contributed by atoms with Crippen LogP contribution in [0.3, 0.4) is 0 Å². The Hall–Kier alpha value is -1.70. The topological polar surface area (TPSA) is 50.3 Å². The lowest BCUT2D eigenvalue weighted by atomic mass is 10.1. The average molecular weight is 400 g/mol. The Kier molecular flexibility index (Phi) is 9.15. The second kappa shape index (κ2) is 10.6. The number of anilines is 2. The number of alkyl halides is 3. The Morgan fingerprint density at radius 3 is 2.22 bits per heavy atom. The fourth-order valence-electron chi connectivity index (χ4n) is 2.77. The minimum absolute atomic E-state index is 0. The molecule has 4 N–H and O–H groups in total. The van der Waals surface area contributed by atoms with Gasteiger partial charge in [-0.25, -0.2) is 0 Å². The lowest BCUT2D eigenvalue weighted by Crippen LogP contribution is -2.22. The summed E-state index contributed by atoms with van der Waals surface area (Å²) in [5, 5.41) is 2.75. The number of hydrogen-bond donors (Lipinski definition) is 2. The molecule has 1 aliphatic heterocycles. The predicted molar refractivity (Wildman–Crippen MR) is 109 cm³/mol. The number of fused-ring (bicyclic) bond motifs is 2. The molecule has 1 aliphatic rings. The summed E-state index contributed by atoms with van der Waals surface area (Å²) in [5.41, 5.74) is 1.08. The molecule has 0 atom stereocenters. The van der Waals surface area contributed by atoms with Gasteiger partial charge in [-0.2, -0.15) is 13.2 Å². The standard InChI is InChI=1S/C18H18F3NS.C2H7N.H3N/c1-2-3-6-11-22-14-7-4-5-8-16(14)23-17-10-9-13(12-15(17)22)18(19,20)21;1-3-2;/h4-5,7-10,12H,2-3,6,11H2,1H3;3H,1-2H3;1H3. The van der Waals surface area contributed by atoms with Crippen LogP contribution < -0.4 is 16.4 Å². The molecule has 0 amide bonds. The maximum absolute atomic E-state index is 13.1. The summed E-state index contributed by atoms with van der Waals surface area (Å²) in [7, 11) is 3.75. The first-order chi connectivity index (χ1) is 12.4. The van der Waals surface area contributed by atoms with E-state index in [1.807, 2.05) is 43.3 Å². The molecule has 0 fully saturated rings. The number of benzene rings is 2. The highest BCUT2D eigenvalue weighted by Gasteiger charge is 2.33. The Balaban J connectivity index is 0.000000855. The van der Waals surface area contributed by atoms with Crippen LogP contribution in [-0.4, -0.2) is 20.6 Å². The normalized spacial score (nSPS) is 12.3. The maximum atomic E-state index is 13.1. The molecule has 0 saturated heterocycles. The smallest absolute Gasteiger partial charge is 0.344 e. The zero-order valence-corrected chi connectivity index (χ0v) is 16.9. The highest BCUT2D eigenvalue weighted by atomic mass is 32.2. The van der Waals surface area contributed by atoms with Crippen LogP contribution >= 0.6 is 11.8 Å². The van der Waals surface area contributed by atoms with Crippen LogP contribution in [0.25, 0.3) is 0 Å². The zero-order valence-electron chi connectivity index (χ0n) is 16.1. The van der Waals surface area contributed by atoms with Gasteiger partial charge in [0.15, 0.2) is 0 Å². The number of hydrogen-bond acceptors (Lipinski definition) is 4. The van der Waals surface area contributed by atoms with E-state index in [1.165, 1.54) is 23.9 Å². The van der Waals surface area contributed by atoms with E-state index >= 15 is 0 Å². The molecule has 3 rings (SSSR count). The molecule has 0 bridgehead atoms. The molecule has 27 heavy (non-hydrogen) atoms. The van der Waals surface area contributed by atoms with Crippen molar-refractivity contribution >= 4 is 23.1 Å². The number of rotatable bonds is 4. The molecule has 0 radical (unpaired) electrons. The molecule has 2 aromatic rings. The minimum Gasteiger partial charge on any atom is -0.344 e. The van der Waals surface area contributed by atoms with Gasteiger partial charge in [-0.15, -0.1) is 0 Å². The van der Waals surface area contributed by atoms with E-state index < -0.39 is 11.7 Å². The van der Waals surface area contributed by atoms with Crippen LogP contribution in [0.15, 0.2) is 52.3 Å². The van der Waals surface area contributed by atoms with Crippen molar-refractivity contribution in [2.45, 2.75) is 42.2 Å². The van der Waals surface area contributed by atoms with Gasteiger partial charge in [-0.3, -0.25) is 0 Å². The first-order valence-corrected chi connectivity index (χ1v) is 9.58. The van der Waals surface area contributed by atoms with Gasteiger partial charge < -0.3 is 16.4 Å². The lowest BCUT2D eigenvalue weighted by Gasteiger charge is -2.33. The molecule has 0 saturated carbocycles. The fraction of sp³-hybridized carbons (Fsp3) is 0.400. The van der Waals surface area contributed by atoms with Crippen LogP contribution in [0.5, 0.6) is 0 Å². The molecule has 3 nitrogen and oxygen atoms in total. The quantitative estimate of drug-likeness (QED) is 0.577. The summed E-state index contributed by atoms with van der Waals surface area (Å²) in [6.07, 6.45) is -1.20. The second-order valence-electron chi connectivity index (χ2n) is 6.11. The summed E-state index contributed by atoms with van der Waals surface area (Å²) < 4.78 is 39.2. The molecule has 150 valence electrons. The van der Waals surface area contributed by atoms with E-state index in [4.69, 9.17) is 0 Å². The summed E-state index contributed by atoms with van der Waals surface area (Å²) in [6, 6.07) is 11.9. The molecule has 1 heterocycles. The number of nitrogens with one attached hydrogen (secondary N) is 1. The second-order valence-corrected chi connectivity index (χ2v) is 7.19. The molecular weight excluding hydrogens is 371 g/mol. The average Bonchev–Trinajstić information content (AvgIpc) is 2.60. The first kappa shape index (κ1) is 23.3. The van der Waals surface area contributed by atoms with Gasteiger partial charge >= 0.3 is 6.18 Å². The Labute approximate surface area is 163 Å². The molecule has 0 aromatic heterocycles. The van der Waals surface area contributed by atoms with Crippen molar-refractivity contribution in [3.63, 3.8) is 0 Å². The third-order valence-electron chi connectivity index (χ3n) is 3.94. The van der Waals surface area contributed by atoms with Crippen LogP contribution in [0.4, 0.5) is 24.5 Å². The summed E-state index contributed by atoms with van der Waals surface area (Å²) >= 11 is 1.54. The Morgan fingerprint density at radius 2 is 1.59 bits per heavy atom. The first-order valence-electron chi connectivity index (χ1n) is 8.76. The molecule has 0 spiro atoms. The van der Waals surface area contributed by atoms with E-state index in [-0.39, 0.29) is 6.15 Å². The van der Waals surface area contributed by atoms with Crippen molar-refractivity contribution in [3.05, 3.63) is 48.0 Å². The molecule has 0 unspecified atom stereocenters. The van der Waals surface area contributed by atoms with Crippen molar-refractivity contribution in [2.24, 2.45) is 0 Å². The zero-order chi connectivity index (χ0) is 19.2. The lowest BCUT2D eigenvalue weighted by molar-refractivity contribution is -0.137. The SMILES string of the molecule is CCCCCN1c2ccccc2Sc2ccc(C(F)(F)F)cc21.CNC.N. The van der Waals surface area contributed by atoms with Crippen molar-refractivity contribution < 1.29 is 13.2 Å². The van der Waals surface area contributed by atoms with Gasteiger partial charge in [0.05, 0.1) is 16.9 Å². The highest BCUT2D eigenvalue weighted by molar-refractivity contribution is 7.99. The van der Waals surface area contributed by atoms with E-state index in [2.05, 4.69) is 12.2 Å². The van der Waals surface area contributed by atoms with Gasteiger partial charge in [0, 0.05) is 16.3 Å². The third kappa shape index (κ3) is 5.89. The van der Waals surface area contributed by atoms with Crippen molar-refractivity contribution in [1.82, 2.24) is 11.5 Å². The highest BCUT2D eigenvalue weighted by Crippen LogP contribution is 2.49. The van der Waals surface area contributed by atoms with Crippen LogP contribution in [0.2, 0.25) is 0 Å². The molecule has 0 aliphatic carbocycles. The summed E-state index contributed by atoms with van der Waals surface area (Å²) in [6.45, 7) is 2.86. The largest absolute Gasteiger partial charge is 0.416 e. The number of halogens is 3. The number of unbranched alkanes of at least 4 members (excludes halogenated alkanes) is 2. The van der Waals surface area contributed by atoms with Crippen LogP contribution in [0.1, 0.15) is 31.7 Å². The van der Waals surface area contributed by atoms with Gasteiger partial charge in [-0.05, 0) is 50.8 Å². The van der Waals surface area contributed by atoms with Gasteiger partial charge in [0.2, 0.25) is 0 Å². The monoisotopic (exact) mass is 399 g/mol. The maximum Gasteiger partial charge on any atom is 0.416 e. The van der Waals surface area contributed by atoms with Gasteiger partial charge in [0.1, 0.15) is 0 Å². The van der Waals surface area contributed by atoms with E-state index in [0.717, 1.165) is 41.3 Å². The summed E-state index contributed by atoms with van der Waals surface area (Å²) in [4.78, 5) is 4.01. The van der Waals surface area contributed by atoms with E-state index in [9.17, 15) is 13.2 Å². The molecule has 7 heteroatoms.